The summed E-state index contributed by atoms with van der Waals surface area (Å²) in [6.45, 7) is 4.10. The molecule has 1 N–H and O–H groups in total. The first-order valence-electron chi connectivity index (χ1n) is 5.60. The Balaban J connectivity index is 2.10. The van der Waals surface area contributed by atoms with Gasteiger partial charge in [-0.25, -0.2) is 0 Å². The summed E-state index contributed by atoms with van der Waals surface area (Å²) in [7, 11) is 0. The van der Waals surface area contributed by atoms with Crippen molar-refractivity contribution >= 4 is 11.4 Å². The van der Waals surface area contributed by atoms with Crippen LogP contribution < -0.4 is 5.32 Å². The van der Waals surface area contributed by atoms with Crippen LogP contribution in [0, 0.1) is 24.0 Å². The monoisotopic (exact) mass is 246 g/mol. The van der Waals surface area contributed by atoms with E-state index in [1.165, 1.54) is 6.07 Å². The number of rotatable bonds is 4. The molecular formula is C13H14N2O3. The molecule has 2 rings (SSSR count). The van der Waals surface area contributed by atoms with E-state index in [0.29, 0.717) is 17.8 Å². The minimum atomic E-state index is -0.377. The van der Waals surface area contributed by atoms with Gasteiger partial charge in [0.05, 0.1) is 11.5 Å². The molecule has 0 aliphatic heterocycles. The average Bonchev–Trinajstić information content (AvgIpc) is 2.74. The number of aryl methyl sites for hydroxylation is 2. The van der Waals surface area contributed by atoms with Gasteiger partial charge in [-0.1, -0.05) is 6.07 Å². The molecule has 5 heteroatoms. The van der Waals surface area contributed by atoms with Crippen molar-refractivity contribution in [2.75, 3.05) is 5.32 Å². The molecule has 0 spiro atoms. The van der Waals surface area contributed by atoms with Gasteiger partial charge >= 0.3 is 0 Å². The van der Waals surface area contributed by atoms with Gasteiger partial charge in [-0.2, -0.15) is 0 Å². The number of hydrogen-bond donors (Lipinski definition) is 1. The molecule has 1 aromatic carbocycles. The third kappa shape index (κ3) is 2.68. The molecule has 0 atom stereocenters. The highest BCUT2D eigenvalue weighted by atomic mass is 16.6. The Morgan fingerprint density at radius 2 is 2.06 bits per heavy atom. The Bertz CT molecular complexity index is 575. The van der Waals surface area contributed by atoms with Crippen molar-refractivity contribution in [1.29, 1.82) is 0 Å². The number of benzene rings is 1. The minimum absolute atomic E-state index is 0.121. The third-order valence-electron chi connectivity index (χ3n) is 2.67. The zero-order valence-corrected chi connectivity index (χ0v) is 10.3. The Morgan fingerprint density at radius 1 is 1.28 bits per heavy atom. The first-order valence-corrected chi connectivity index (χ1v) is 5.60. The van der Waals surface area contributed by atoms with Crippen molar-refractivity contribution in [3.8, 4) is 0 Å². The lowest BCUT2D eigenvalue weighted by molar-refractivity contribution is -0.385. The quantitative estimate of drug-likeness (QED) is 0.663. The normalized spacial score (nSPS) is 10.3. The van der Waals surface area contributed by atoms with E-state index in [1.807, 2.05) is 25.1 Å². The van der Waals surface area contributed by atoms with E-state index in [-0.39, 0.29) is 10.6 Å². The summed E-state index contributed by atoms with van der Waals surface area (Å²) in [6.07, 6.45) is 0. The molecule has 5 nitrogen and oxygen atoms in total. The van der Waals surface area contributed by atoms with E-state index >= 15 is 0 Å². The first-order chi connectivity index (χ1) is 8.56. The molecule has 2 aromatic rings. The molecule has 0 saturated heterocycles. The molecule has 0 radical (unpaired) electrons. The lowest BCUT2D eigenvalue weighted by Crippen LogP contribution is -2.00. The maximum absolute atomic E-state index is 10.8. The molecule has 0 amide bonds. The van der Waals surface area contributed by atoms with E-state index in [1.54, 1.807) is 13.0 Å². The van der Waals surface area contributed by atoms with Gasteiger partial charge in [0.25, 0.3) is 5.69 Å². The number of furan rings is 1. The predicted octanol–water partition coefficient (Wildman–Crippen LogP) is 3.42. The maximum Gasteiger partial charge on any atom is 0.274 e. The van der Waals surface area contributed by atoms with Gasteiger partial charge in [0, 0.05) is 17.3 Å². The summed E-state index contributed by atoms with van der Waals surface area (Å²) < 4.78 is 5.41. The SMILES string of the molecule is Cc1ccc(CNc2ccc(C)c([N+](=O)[O-])c2)o1. The second-order valence-corrected chi connectivity index (χ2v) is 4.12. The van der Waals surface area contributed by atoms with E-state index in [9.17, 15) is 10.1 Å². The van der Waals surface area contributed by atoms with Crippen molar-refractivity contribution < 1.29 is 9.34 Å². The van der Waals surface area contributed by atoms with Crippen LogP contribution in [0.2, 0.25) is 0 Å². The van der Waals surface area contributed by atoms with Crippen LogP contribution in [0.3, 0.4) is 0 Å². The third-order valence-corrected chi connectivity index (χ3v) is 2.67. The smallest absolute Gasteiger partial charge is 0.274 e. The van der Waals surface area contributed by atoms with Crippen LogP contribution >= 0.6 is 0 Å². The molecule has 0 bridgehead atoms. The zero-order chi connectivity index (χ0) is 13.1. The topological polar surface area (TPSA) is 68.3 Å². The van der Waals surface area contributed by atoms with Crippen molar-refractivity contribution in [2.24, 2.45) is 0 Å². The maximum atomic E-state index is 10.8. The second kappa shape index (κ2) is 4.91. The molecule has 0 aliphatic rings. The summed E-state index contributed by atoms with van der Waals surface area (Å²) in [5, 5.41) is 13.9. The Labute approximate surface area is 105 Å². The van der Waals surface area contributed by atoms with Crippen LogP contribution in [0.25, 0.3) is 0 Å². The summed E-state index contributed by atoms with van der Waals surface area (Å²) in [4.78, 5) is 10.4. The van der Waals surface area contributed by atoms with Gasteiger partial charge in [0.15, 0.2) is 0 Å². The number of nitro groups is 1. The zero-order valence-electron chi connectivity index (χ0n) is 10.3. The minimum Gasteiger partial charge on any atom is -0.465 e. The standard InChI is InChI=1S/C13H14N2O3/c1-9-3-5-11(7-13(9)15(16)17)14-8-12-6-4-10(2)18-12/h3-7,14H,8H2,1-2H3. The number of nitro benzene ring substituents is 1. The van der Waals surface area contributed by atoms with Crippen LogP contribution in [-0.2, 0) is 6.54 Å². The van der Waals surface area contributed by atoms with Crippen LogP contribution in [0.1, 0.15) is 17.1 Å². The van der Waals surface area contributed by atoms with Crippen molar-refractivity contribution in [3.05, 3.63) is 57.5 Å². The van der Waals surface area contributed by atoms with Gasteiger partial charge in [0.1, 0.15) is 11.5 Å². The van der Waals surface area contributed by atoms with Crippen LogP contribution in [0.15, 0.2) is 34.7 Å². The molecule has 0 unspecified atom stereocenters. The molecule has 0 saturated carbocycles. The number of hydrogen-bond acceptors (Lipinski definition) is 4. The van der Waals surface area contributed by atoms with E-state index < -0.39 is 0 Å². The molecule has 94 valence electrons. The highest BCUT2D eigenvalue weighted by Gasteiger charge is 2.10. The van der Waals surface area contributed by atoms with Gasteiger partial charge in [-0.15, -0.1) is 0 Å². The molecule has 1 aromatic heterocycles. The van der Waals surface area contributed by atoms with E-state index in [2.05, 4.69) is 5.32 Å². The van der Waals surface area contributed by atoms with Gasteiger partial charge in [0.2, 0.25) is 0 Å². The molecule has 1 heterocycles. The highest BCUT2D eigenvalue weighted by Crippen LogP contribution is 2.22. The van der Waals surface area contributed by atoms with Gasteiger partial charge < -0.3 is 9.73 Å². The fourth-order valence-electron chi connectivity index (χ4n) is 1.69. The second-order valence-electron chi connectivity index (χ2n) is 4.12. The summed E-state index contributed by atoms with van der Waals surface area (Å²) in [6, 6.07) is 8.84. The lowest BCUT2D eigenvalue weighted by Gasteiger charge is -2.05. The van der Waals surface area contributed by atoms with Crippen molar-refractivity contribution in [1.82, 2.24) is 0 Å². The molecule has 0 fully saturated rings. The van der Waals surface area contributed by atoms with Crippen LogP contribution in [0.4, 0.5) is 11.4 Å². The largest absolute Gasteiger partial charge is 0.465 e. The Morgan fingerprint density at radius 3 is 2.67 bits per heavy atom. The van der Waals surface area contributed by atoms with Gasteiger partial charge in [-0.3, -0.25) is 10.1 Å². The van der Waals surface area contributed by atoms with Crippen molar-refractivity contribution in [3.63, 3.8) is 0 Å². The van der Waals surface area contributed by atoms with Crippen LogP contribution in [0.5, 0.6) is 0 Å². The molecule has 0 aliphatic carbocycles. The van der Waals surface area contributed by atoms with Crippen molar-refractivity contribution in [2.45, 2.75) is 20.4 Å². The summed E-state index contributed by atoms with van der Waals surface area (Å²) in [5.41, 5.74) is 1.48. The molecule has 18 heavy (non-hydrogen) atoms. The lowest BCUT2D eigenvalue weighted by atomic mass is 10.2. The highest BCUT2D eigenvalue weighted by molar-refractivity contribution is 5.54. The number of nitrogens with zero attached hydrogens (tertiary/aromatic N) is 1. The number of anilines is 1. The Kier molecular flexibility index (Phi) is 3.32. The van der Waals surface area contributed by atoms with E-state index in [4.69, 9.17) is 4.42 Å². The Hall–Kier alpha value is -2.30. The summed E-state index contributed by atoms with van der Waals surface area (Å²) in [5.74, 6) is 1.65. The molecular weight excluding hydrogens is 232 g/mol. The van der Waals surface area contributed by atoms with E-state index in [0.717, 1.165) is 11.5 Å². The van der Waals surface area contributed by atoms with Crippen LogP contribution in [-0.4, -0.2) is 4.92 Å². The summed E-state index contributed by atoms with van der Waals surface area (Å²) >= 11 is 0. The fourth-order valence-corrected chi connectivity index (χ4v) is 1.69. The average molecular weight is 246 g/mol. The number of nitrogens with one attached hydrogen (secondary N) is 1. The first kappa shape index (κ1) is 12.2. The predicted molar refractivity (Wildman–Crippen MR) is 68.6 cm³/mol. The van der Waals surface area contributed by atoms with Gasteiger partial charge in [-0.05, 0) is 32.0 Å². The fraction of sp³-hybridized carbons (Fsp3) is 0.231.